The first-order chi connectivity index (χ1) is 15.0. The van der Waals surface area contributed by atoms with Crippen molar-refractivity contribution in [1.82, 2.24) is 24.6 Å². The van der Waals surface area contributed by atoms with E-state index in [9.17, 15) is 5.11 Å². The van der Waals surface area contributed by atoms with Gasteiger partial charge in [-0.05, 0) is 62.0 Å². The molecular weight excluding hydrogens is 416 g/mol. The highest BCUT2D eigenvalue weighted by Crippen LogP contribution is 2.34. The lowest BCUT2D eigenvalue weighted by Gasteiger charge is -2.37. The molecule has 5 rings (SSSR count). The van der Waals surface area contributed by atoms with E-state index in [1.165, 1.54) is 11.1 Å². The number of fused-ring (bicyclic) bond motifs is 1. The van der Waals surface area contributed by atoms with E-state index in [0.29, 0.717) is 35.9 Å². The number of nitrogens with one attached hydrogen (secondary N) is 1. The van der Waals surface area contributed by atoms with Crippen molar-refractivity contribution in [3.8, 4) is 0 Å². The fraction of sp³-hybridized carbons (Fsp3) is 0.500. The number of aromatic nitrogens is 4. The van der Waals surface area contributed by atoms with E-state index in [4.69, 9.17) is 21.3 Å². The van der Waals surface area contributed by atoms with Crippen molar-refractivity contribution < 1.29 is 9.84 Å². The molecule has 164 valence electrons. The predicted molar refractivity (Wildman–Crippen MR) is 120 cm³/mol. The molecule has 0 radical (unpaired) electrons. The van der Waals surface area contributed by atoms with E-state index in [1.807, 2.05) is 6.20 Å². The lowest BCUT2D eigenvalue weighted by atomic mass is 9.85. The van der Waals surface area contributed by atoms with Crippen molar-refractivity contribution in [3.63, 3.8) is 0 Å². The maximum Gasteiger partial charge on any atom is 0.227 e. The Kier molecular flexibility index (Phi) is 5.56. The van der Waals surface area contributed by atoms with E-state index in [1.54, 1.807) is 17.9 Å². The molecule has 2 aliphatic heterocycles. The number of aryl methyl sites for hydroxylation is 2. The van der Waals surface area contributed by atoms with Crippen LogP contribution >= 0.6 is 11.6 Å². The van der Waals surface area contributed by atoms with Crippen LogP contribution in [0.2, 0.25) is 5.15 Å². The number of hydrogen-bond acceptors (Lipinski definition) is 7. The van der Waals surface area contributed by atoms with Gasteiger partial charge in [-0.1, -0.05) is 11.6 Å². The van der Waals surface area contributed by atoms with Gasteiger partial charge in [0, 0.05) is 18.6 Å². The van der Waals surface area contributed by atoms with Crippen LogP contribution in [0.25, 0.3) is 10.9 Å². The zero-order valence-electron chi connectivity index (χ0n) is 17.8. The molecule has 3 aromatic rings. The molecule has 2 aromatic heterocycles. The van der Waals surface area contributed by atoms with Crippen LogP contribution in [0.4, 0.5) is 11.6 Å². The van der Waals surface area contributed by atoms with Gasteiger partial charge in [-0.3, -0.25) is 9.58 Å². The Labute approximate surface area is 186 Å². The Balaban J connectivity index is 1.35. The second-order valence-corrected chi connectivity index (χ2v) is 8.90. The van der Waals surface area contributed by atoms with Crippen LogP contribution in [-0.4, -0.2) is 68.2 Å². The quantitative estimate of drug-likeness (QED) is 0.642. The van der Waals surface area contributed by atoms with Crippen molar-refractivity contribution in [3.05, 3.63) is 40.8 Å². The van der Waals surface area contributed by atoms with Crippen molar-refractivity contribution in [2.75, 3.05) is 31.6 Å². The normalized spacial score (nSPS) is 23.0. The van der Waals surface area contributed by atoms with Gasteiger partial charge in [-0.25, -0.2) is 9.97 Å². The van der Waals surface area contributed by atoms with Gasteiger partial charge in [-0.2, -0.15) is 5.10 Å². The summed E-state index contributed by atoms with van der Waals surface area (Å²) >= 11 is 6.25. The maximum atomic E-state index is 10.1. The van der Waals surface area contributed by atoms with E-state index in [-0.39, 0.29) is 12.1 Å². The van der Waals surface area contributed by atoms with Gasteiger partial charge in [0.1, 0.15) is 5.15 Å². The maximum absolute atomic E-state index is 10.1. The average molecular weight is 443 g/mol. The minimum Gasteiger partial charge on any atom is -0.389 e. The second-order valence-electron chi connectivity index (χ2n) is 8.54. The molecule has 1 aromatic carbocycles. The van der Waals surface area contributed by atoms with E-state index < -0.39 is 0 Å². The first-order valence-corrected chi connectivity index (χ1v) is 11.1. The molecular formula is C22H27ClN6O2. The Bertz CT molecular complexity index is 1100. The highest BCUT2D eigenvalue weighted by Gasteiger charge is 2.34. The summed E-state index contributed by atoms with van der Waals surface area (Å²) in [7, 11) is 1.79. The molecule has 2 atom stereocenters. The van der Waals surface area contributed by atoms with Gasteiger partial charge in [-0.15, -0.1) is 0 Å². The SMILES string of the molecule is Cc1cc2cnc(Nc3cnn(C)c3Cl)nc2cc1C1CCN([C@@H]2COC[C@@H]2O)CC1. The summed E-state index contributed by atoms with van der Waals surface area (Å²) in [4.78, 5) is 11.5. The van der Waals surface area contributed by atoms with Crippen molar-refractivity contribution >= 4 is 34.1 Å². The van der Waals surface area contributed by atoms with Crippen molar-refractivity contribution in [2.45, 2.75) is 37.8 Å². The number of likely N-dealkylation sites (tertiary alicyclic amines) is 1. The average Bonchev–Trinajstić information content (AvgIpc) is 3.34. The molecule has 0 amide bonds. The van der Waals surface area contributed by atoms with Crippen molar-refractivity contribution in [2.24, 2.45) is 7.05 Å². The van der Waals surface area contributed by atoms with Crippen LogP contribution in [0, 0.1) is 6.92 Å². The summed E-state index contributed by atoms with van der Waals surface area (Å²) < 4.78 is 7.03. The molecule has 0 unspecified atom stereocenters. The fourth-order valence-corrected chi connectivity index (χ4v) is 4.90. The molecule has 0 spiro atoms. The molecule has 2 N–H and O–H groups in total. The zero-order valence-corrected chi connectivity index (χ0v) is 18.5. The van der Waals surface area contributed by atoms with Crippen LogP contribution in [0.1, 0.15) is 29.9 Å². The smallest absolute Gasteiger partial charge is 0.227 e. The first kappa shape index (κ1) is 20.6. The van der Waals surface area contributed by atoms with E-state index in [0.717, 1.165) is 36.8 Å². The highest BCUT2D eigenvalue weighted by molar-refractivity contribution is 6.32. The monoisotopic (exact) mass is 442 g/mol. The lowest BCUT2D eigenvalue weighted by molar-refractivity contribution is 0.0663. The minimum absolute atomic E-state index is 0.138. The zero-order chi connectivity index (χ0) is 21.5. The summed E-state index contributed by atoms with van der Waals surface area (Å²) in [6, 6.07) is 4.52. The number of ether oxygens (including phenoxy) is 1. The Hall–Kier alpha value is -2.26. The number of halogens is 1. The lowest BCUT2D eigenvalue weighted by Crippen LogP contribution is -2.46. The fourth-order valence-electron chi connectivity index (χ4n) is 4.76. The van der Waals surface area contributed by atoms with E-state index in [2.05, 4.69) is 39.4 Å². The molecule has 9 heteroatoms. The van der Waals surface area contributed by atoms with Gasteiger partial charge in [0.2, 0.25) is 5.95 Å². The third-order valence-corrected chi connectivity index (χ3v) is 6.99. The molecule has 31 heavy (non-hydrogen) atoms. The van der Waals surface area contributed by atoms with Crippen LogP contribution in [0.15, 0.2) is 24.5 Å². The number of anilines is 2. The molecule has 8 nitrogen and oxygen atoms in total. The van der Waals surface area contributed by atoms with Gasteiger partial charge in [0.05, 0.1) is 42.8 Å². The van der Waals surface area contributed by atoms with Crippen molar-refractivity contribution in [1.29, 1.82) is 0 Å². The Morgan fingerprint density at radius 3 is 2.68 bits per heavy atom. The standard InChI is InChI=1S/C22H27ClN6O2/c1-13-7-15-9-24-22(27-18-10-25-28(2)21(18)23)26-17(15)8-16(13)14-3-5-29(6-4-14)19-11-31-12-20(19)30/h7-10,14,19-20,30H,3-6,11-12H2,1-2H3,(H,24,26,27)/t19-,20+/m1/s1. The van der Waals surface area contributed by atoms with Crippen LogP contribution in [-0.2, 0) is 11.8 Å². The van der Waals surface area contributed by atoms with Gasteiger partial charge in [0.15, 0.2) is 0 Å². The van der Waals surface area contributed by atoms with Gasteiger partial charge in [0.25, 0.3) is 0 Å². The van der Waals surface area contributed by atoms with E-state index >= 15 is 0 Å². The molecule has 0 aliphatic carbocycles. The summed E-state index contributed by atoms with van der Waals surface area (Å²) in [6.45, 7) is 5.20. The van der Waals surface area contributed by atoms with Crippen LogP contribution in [0.3, 0.4) is 0 Å². The first-order valence-electron chi connectivity index (χ1n) is 10.7. The molecule has 2 saturated heterocycles. The Morgan fingerprint density at radius 2 is 2.00 bits per heavy atom. The Morgan fingerprint density at radius 1 is 1.19 bits per heavy atom. The molecule has 4 heterocycles. The molecule has 2 aliphatic rings. The number of benzene rings is 1. The number of hydrogen-bond donors (Lipinski definition) is 2. The van der Waals surface area contributed by atoms with Gasteiger partial charge >= 0.3 is 0 Å². The predicted octanol–water partition coefficient (Wildman–Crippen LogP) is 3.01. The number of aliphatic hydroxyl groups excluding tert-OH is 1. The minimum atomic E-state index is -0.366. The molecule has 2 fully saturated rings. The summed E-state index contributed by atoms with van der Waals surface area (Å²) in [5, 5.41) is 19.0. The van der Waals surface area contributed by atoms with Gasteiger partial charge < -0.3 is 15.2 Å². The third kappa shape index (κ3) is 4.01. The third-order valence-electron chi connectivity index (χ3n) is 6.54. The largest absolute Gasteiger partial charge is 0.389 e. The molecule has 0 saturated carbocycles. The number of nitrogens with zero attached hydrogens (tertiary/aromatic N) is 5. The number of piperidine rings is 1. The summed E-state index contributed by atoms with van der Waals surface area (Å²) in [5.41, 5.74) is 4.22. The second kappa shape index (κ2) is 8.35. The van der Waals surface area contributed by atoms with Crippen LogP contribution < -0.4 is 5.32 Å². The summed E-state index contributed by atoms with van der Waals surface area (Å²) in [6.07, 6.45) is 5.27. The number of rotatable bonds is 4. The van der Waals surface area contributed by atoms with Crippen LogP contribution in [0.5, 0.6) is 0 Å². The molecule has 0 bridgehead atoms. The topological polar surface area (TPSA) is 88.3 Å². The highest BCUT2D eigenvalue weighted by atomic mass is 35.5. The summed E-state index contributed by atoms with van der Waals surface area (Å²) in [5.74, 6) is 0.987. The number of aliphatic hydroxyl groups is 1.